The maximum absolute atomic E-state index is 12.7. The van der Waals surface area contributed by atoms with Gasteiger partial charge in [-0.1, -0.05) is 12.1 Å². The number of nitrogens with zero attached hydrogens (tertiary/aromatic N) is 3. The Balaban J connectivity index is 1.63. The molecule has 0 saturated heterocycles. The van der Waals surface area contributed by atoms with Crippen molar-refractivity contribution in [2.75, 3.05) is 10.6 Å². The van der Waals surface area contributed by atoms with Gasteiger partial charge in [0, 0.05) is 36.1 Å². The Morgan fingerprint density at radius 3 is 2.47 bits per heavy atom. The number of Topliss-reactive ketones (excluding diaryl/α,β-unsaturated/α-hetero) is 1. The highest BCUT2D eigenvalue weighted by Crippen LogP contribution is 2.36. The molecule has 1 saturated carbocycles. The van der Waals surface area contributed by atoms with Crippen LogP contribution in [0.1, 0.15) is 48.2 Å². The third kappa shape index (κ3) is 4.46. The number of nitrogens with one attached hydrogen (secondary N) is 2. The fourth-order valence-electron chi connectivity index (χ4n) is 3.09. The van der Waals surface area contributed by atoms with Crippen molar-refractivity contribution >= 4 is 28.9 Å². The van der Waals surface area contributed by atoms with Gasteiger partial charge in [0.2, 0.25) is 0 Å². The molecule has 0 unspecified atom stereocenters. The molecular weight excluding hydrogens is 378 g/mol. The number of rotatable bonds is 7. The minimum absolute atomic E-state index is 0.0898. The third-order valence-electron chi connectivity index (χ3n) is 5.11. The first-order chi connectivity index (χ1) is 14.3. The molecule has 0 atom stereocenters. The zero-order valence-electron chi connectivity index (χ0n) is 17.3. The first-order valence-electron chi connectivity index (χ1n) is 10.00. The molecule has 0 radical (unpaired) electrons. The van der Waals surface area contributed by atoms with Crippen molar-refractivity contribution in [1.29, 1.82) is 0 Å². The number of carbonyl (C=O) groups excluding carboxylic acids is 1. The van der Waals surface area contributed by atoms with E-state index in [1.165, 1.54) is 0 Å². The van der Waals surface area contributed by atoms with Crippen LogP contribution in [-0.4, -0.2) is 25.8 Å². The highest BCUT2D eigenvalue weighted by Gasteiger charge is 2.32. The van der Waals surface area contributed by atoms with Gasteiger partial charge >= 0.3 is 0 Å². The summed E-state index contributed by atoms with van der Waals surface area (Å²) in [4.78, 5) is 25.9. The van der Waals surface area contributed by atoms with E-state index in [-0.39, 0.29) is 11.7 Å². The Labute approximate surface area is 175 Å². The monoisotopic (exact) mass is 403 g/mol. The second kappa shape index (κ2) is 7.84. The first kappa shape index (κ1) is 20.0. The van der Waals surface area contributed by atoms with Crippen LogP contribution in [0.25, 0.3) is 0 Å². The molecule has 3 N–H and O–H groups in total. The molecule has 3 aromatic heterocycles. The van der Waals surface area contributed by atoms with Crippen molar-refractivity contribution in [3.05, 3.63) is 65.6 Å². The highest BCUT2D eigenvalue weighted by molar-refractivity contribution is 6.04. The molecule has 0 spiro atoms. The quantitative estimate of drug-likeness (QED) is 0.500. The van der Waals surface area contributed by atoms with Crippen LogP contribution in [0.3, 0.4) is 0 Å². The van der Waals surface area contributed by atoms with Gasteiger partial charge in [-0.15, -0.1) is 0 Å². The summed E-state index contributed by atoms with van der Waals surface area (Å²) in [6.07, 6.45) is 6.81. The Morgan fingerprint density at radius 1 is 1.07 bits per heavy atom. The van der Waals surface area contributed by atoms with Crippen molar-refractivity contribution < 1.29 is 9.90 Å². The average Bonchev–Trinajstić information content (AvgIpc) is 3.55. The average molecular weight is 403 g/mol. The van der Waals surface area contributed by atoms with Gasteiger partial charge in [-0.2, -0.15) is 0 Å². The fraction of sp³-hybridized carbons (Fsp3) is 0.304. The van der Waals surface area contributed by atoms with Gasteiger partial charge in [-0.25, -0.2) is 15.0 Å². The van der Waals surface area contributed by atoms with Gasteiger partial charge in [0.1, 0.15) is 17.5 Å². The maximum Gasteiger partial charge on any atom is 0.169 e. The smallest absolute Gasteiger partial charge is 0.169 e. The summed E-state index contributed by atoms with van der Waals surface area (Å²) in [7, 11) is 0. The van der Waals surface area contributed by atoms with Crippen LogP contribution in [0.4, 0.5) is 23.1 Å². The van der Waals surface area contributed by atoms with Crippen LogP contribution in [0.15, 0.2) is 48.9 Å². The lowest BCUT2D eigenvalue weighted by Crippen LogP contribution is -2.15. The van der Waals surface area contributed by atoms with E-state index in [1.54, 1.807) is 44.6 Å². The maximum atomic E-state index is 12.7. The predicted octanol–water partition coefficient (Wildman–Crippen LogP) is 4.49. The first-order valence-corrected chi connectivity index (χ1v) is 10.00. The topological polar surface area (TPSA) is 100 Å². The van der Waals surface area contributed by atoms with Crippen molar-refractivity contribution in [1.82, 2.24) is 15.0 Å². The number of carbonyl (C=O) groups is 1. The Hall–Kier alpha value is -3.32. The van der Waals surface area contributed by atoms with Crippen LogP contribution in [0, 0.1) is 12.8 Å². The Morgan fingerprint density at radius 2 is 1.83 bits per heavy atom. The summed E-state index contributed by atoms with van der Waals surface area (Å²) >= 11 is 0. The molecule has 1 aliphatic rings. The van der Waals surface area contributed by atoms with Crippen molar-refractivity contribution in [3.63, 3.8) is 0 Å². The van der Waals surface area contributed by atoms with Crippen molar-refractivity contribution in [2.24, 2.45) is 5.92 Å². The molecule has 30 heavy (non-hydrogen) atoms. The number of ketones is 1. The SMILES string of the molecule is Cc1cccnc1Nc1cc(Nc2ccc(C(C)(C)O)cn2)ncc1C(=O)C1CC1. The van der Waals surface area contributed by atoms with Gasteiger partial charge in [0.15, 0.2) is 5.78 Å². The number of aromatic nitrogens is 3. The molecule has 7 nitrogen and oxygen atoms in total. The summed E-state index contributed by atoms with van der Waals surface area (Å²) in [5.41, 5.74) is 1.99. The Bertz CT molecular complexity index is 1070. The molecule has 1 fully saturated rings. The number of hydrogen-bond acceptors (Lipinski definition) is 7. The van der Waals surface area contributed by atoms with E-state index >= 15 is 0 Å². The largest absolute Gasteiger partial charge is 0.386 e. The molecule has 0 bridgehead atoms. The van der Waals surface area contributed by atoms with E-state index in [2.05, 4.69) is 25.6 Å². The van der Waals surface area contributed by atoms with Crippen LogP contribution in [0.5, 0.6) is 0 Å². The van der Waals surface area contributed by atoms with E-state index in [4.69, 9.17) is 0 Å². The lowest BCUT2D eigenvalue weighted by Gasteiger charge is -2.17. The predicted molar refractivity (Wildman–Crippen MR) is 116 cm³/mol. The second-order valence-corrected chi connectivity index (χ2v) is 8.16. The second-order valence-electron chi connectivity index (χ2n) is 8.16. The van der Waals surface area contributed by atoms with Crippen molar-refractivity contribution in [2.45, 2.75) is 39.2 Å². The summed E-state index contributed by atoms with van der Waals surface area (Å²) < 4.78 is 0. The van der Waals surface area contributed by atoms with Crippen LogP contribution in [-0.2, 0) is 5.60 Å². The standard InChI is InChI=1S/C23H25N5O2/c1-14-5-4-10-24-22(14)27-18-11-20(26-13-17(18)21(29)15-6-7-15)28-19-9-8-16(12-25-19)23(2,3)30/h4-5,8-13,15,30H,6-7H2,1-3H3,(H2,24,25,26,27,28). The zero-order chi connectivity index (χ0) is 21.3. The molecule has 4 rings (SSSR count). The normalized spacial score (nSPS) is 13.7. The molecule has 1 aliphatic carbocycles. The molecule has 0 aliphatic heterocycles. The van der Waals surface area contributed by atoms with Crippen molar-refractivity contribution in [3.8, 4) is 0 Å². The van der Waals surface area contributed by atoms with Crippen LogP contribution < -0.4 is 10.6 Å². The molecule has 7 heteroatoms. The van der Waals surface area contributed by atoms with Crippen LogP contribution >= 0.6 is 0 Å². The number of hydrogen-bond donors (Lipinski definition) is 3. The summed E-state index contributed by atoms with van der Waals surface area (Å²) in [5.74, 6) is 2.05. The summed E-state index contributed by atoms with van der Waals surface area (Å²) in [5, 5.41) is 16.5. The lowest BCUT2D eigenvalue weighted by molar-refractivity contribution is 0.0782. The number of aryl methyl sites for hydroxylation is 1. The zero-order valence-corrected chi connectivity index (χ0v) is 17.3. The molecule has 0 amide bonds. The highest BCUT2D eigenvalue weighted by atomic mass is 16.3. The minimum atomic E-state index is -0.952. The van der Waals surface area contributed by atoms with Gasteiger partial charge in [0.25, 0.3) is 0 Å². The van der Waals surface area contributed by atoms with E-state index < -0.39 is 5.60 Å². The lowest BCUT2D eigenvalue weighted by atomic mass is 10.0. The van der Waals surface area contributed by atoms with Gasteiger partial charge in [-0.3, -0.25) is 4.79 Å². The van der Waals surface area contributed by atoms with E-state index in [9.17, 15) is 9.90 Å². The number of pyridine rings is 3. The van der Waals surface area contributed by atoms with Gasteiger partial charge in [-0.05, 0) is 51.3 Å². The molecular formula is C23H25N5O2. The minimum Gasteiger partial charge on any atom is -0.386 e. The number of anilines is 4. The van der Waals surface area contributed by atoms with Crippen LogP contribution in [0.2, 0.25) is 0 Å². The summed E-state index contributed by atoms with van der Waals surface area (Å²) in [6, 6.07) is 9.24. The molecule has 3 heterocycles. The molecule has 3 aromatic rings. The number of aliphatic hydroxyl groups is 1. The third-order valence-corrected chi connectivity index (χ3v) is 5.11. The van der Waals surface area contributed by atoms with E-state index in [1.807, 2.05) is 25.1 Å². The molecule has 154 valence electrons. The van der Waals surface area contributed by atoms with Gasteiger partial charge in [0.05, 0.1) is 16.9 Å². The van der Waals surface area contributed by atoms with Gasteiger partial charge < -0.3 is 15.7 Å². The Kier molecular flexibility index (Phi) is 5.22. The fourth-order valence-corrected chi connectivity index (χ4v) is 3.09. The van der Waals surface area contributed by atoms with E-state index in [0.29, 0.717) is 28.7 Å². The van der Waals surface area contributed by atoms with E-state index in [0.717, 1.165) is 24.0 Å². The summed E-state index contributed by atoms with van der Waals surface area (Å²) in [6.45, 7) is 5.39. The molecule has 0 aromatic carbocycles.